The van der Waals surface area contributed by atoms with Gasteiger partial charge < -0.3 is 13.8 Å². The largest absolute Gasteiger partial charge is 0.766 e. The minimum atomic E-state index is -5.93. The molecule has 1 unspecified atom stereocenters. The lowest BCUT2D eigenvalue weighted by atomic mass is 10.2. The molecule has 0 bridgehead atoms. The van der Waals surface area contributed by atoms with Gasteiger partial charge >= 0.3 is 32.5 Å². The number of nitro groups is 2. The first-order valence-electron chi connectivity index (χ1n) is 8.47. The van der Waals surface area contributed by atoms with E-state index in [0.717, 1.165) is 12.1 Å². The van der Waals surface area contributed by atoms with Crippen LogP contribution in [-0.2, 0) is 21.2 Å². The molecule has 0 amide bonds. The first-order valence-corrected chi connectivity index (χ1v) is 11.0. The van der Waals surface area contributed by atoms with Crippen molar-refractivity contribution in [1.82, 2.24) is 0 Å². The highest BCUT2D eigenvalue weighted by Gasteiger charge is 2.49. The van der Waals surface area contributed by atoms with E-state index >= 15 is 0 Å². The Morgan fingerprint density at radius 3 is 1.58 bits per heavy atom. The molecule has 12 nitrogen and oxygen atoms in total. The zero-order valence-electron chi connectivity index (χ0n) is 17.6. The minimum absolute atomic E-state index is 0.0186. The number of nitro benzene ring substituents is 2. The first kappa shape index (κ1) is 32.5. The van der Waals surface area contributed by atoms with Crippen LogP contribution in [0.1, 0.15) is 11.1 Å². The van der Waals surface area contributed by atoms with Crippen LogP contribution in [0.5, 0.6) is 11.5 Å². The molecule has 2 aromatic carbocycles. The van der Waals surface area contributed by atoms with E-state index in [-0.39, 0.29) is 17.0 Å². The Morgan fingerprint density at radius 2 is 1.28 bits per heavy atom. The SMILES string of the molecule is Cc1cccc(O)c1[N+](=O)[O-].Cc1cccc(OS(=O)(=O)C(F)(F)F)c1[N+](=O)[O-].O=S([O-])C(F)(F)F. The lowest BCUT2D eigenvalue weighted by Crippen LogP contribution is -2.28. The molecule has 0 aliphatic rings. The number of hydrogen-bond acceptors (Lipinski definition) is 10. The smallest absolute Gasteiger partial charge is 0.534 e. The fourth-order valence-corrected chi connectivity index (χ4v) is 2.45. The summed E-state index contributed by atoms with van der Waals surface area (Å²) < 4.78 is 111. The molecule has 0 saturated carbocycles. The monoisotopic (exact) mass is 571 g/mol. The van der Waals surface area contributed by atoms with Crippen LogP contribution < -0.4 is 4.18 Å². The van der Waals surface area contributed by atoms with Gasteiger partial charge in [-0.15, -0.1) is 0 Å². The van der Waals surface area contributed by atoms with Crippen LogP contribution in [0.3, 0.4) is 0 Å². The Bertz CT molecular complexity index is 1210. The first-order chi connectivity index (χ1) is 16.1. The number of aromatic hydroxyl groups is 1. The van der Waals surface area contributed by atoms with Gasteiger partial charge in [-0.3, -0.25) is 24.4 Å². The molecule has 2 aromatic rings. The van der Waals surface area contributed by atoms with Crippen molar-refractivity contribution < 1.29 is 62.7 Å². The van der Waals surface area contributed by atoms with Gasteiger partial charge in [0.2, 0.25) is 5.75 Å². The molecule has 0 aromatic heterocycles. The van der Waals surface area contributed by atoms with Crippen molar-refractivity contribution in [3.63, 3.8) is 0 Å². The molecule has 202 valence electrons. The summed E-state index contributed by atoms with van der Waals surface area (Å²) in [6.45, 7) is 2.82. The summed E-state index contributed by atoms with van der Waals surface area (Å²) in [5.74, 6) is -1.26. The molecule has 2 rings (SSSR count). The number of phenols is 1. The number of rotatable bonds is 4. The van der Waals surface area contributed by atoms with Crippen molar-refractivity contribution in [3.8, 4) is 11.5 Å². The van der Waals surface area contributed by atoms with Crippen molar-refractivity contribution in [3.05, 3.63) is 67.8 Å². The van der Waals surface area contributed by atoms with E-state index in [1.807, 2.05) is 0 Å². The predicted octanol–water partition coefficient (Wildman–Crippen LogP) is 4.13. The molecule has 0 fully saturated rings. The van der Waals surface area contributed by atoms with Crippen LogP contribution in [0.15, 0.2) is 36.4 Å². The lowest BCUT2D eigenvalue weighted by molar-refractivity contribution is -0.386. The Labute approximate surface area is 199 Å². The number of hydrogen-bond donors (Lipinski definition) is 1. The molecule has 0 saturated heterocycles. The van der Waals surface area contributed by atoms with Crippen LogP contribution >= 0.6 is 0 Å². The Morgan fingerprint density at radius 1 is 0.889 bits per heavy atom. The standard InChI is InChI=1S/C8H6F3NO5S.C7H7NO3.CHF3O2S/c1-5-3-2-4-6(7(5)12(13)14)17-18(15,16)8(9,10)11;1-5-3-2-4-6(9)7(5)8(10)11;2-1(3,4)7(5)6/h2-4H,1H3;2-4,9H,1H3;(H,5,6)/p-1. The third-order valence-corrected chi connectivity index (χ3v) is 4.80. The van der Waals surface area contributed by atoms with Crippen LogP contribution in [0.4, 0.5) is 37.7 Å². The van der Waals surface area contributed by atoms with Crippen LogP contribution in [-0.4, -0.2) is 43.1 Å². The highest BCUT2D eigenvalue weighted by atomic mass is 32.2. The van der Waals surface area contributed by atoms with E-state index < -0.39 is 53.5 Å². The number of alkyl halides is 6. The van der Waals surface area contributed by atoms with Gasteiger partial charge in [0.25, 0.3) is 0 Å². The van der Waals surface area contributed by atoms with Gasteiger partial charge in [-0.2, -0.15) is 34.8 Å². The van der Waals surface area contributed by atoms with E-state index in [1.54, 1.807) is 19.1 Å². The van der Waals surface area contributed by atoms with Gasteiger partial charge in [0.1, 0.15) is 0 Å². The summed E-state index contributed by atoms with van der Waals surface area (Å²) in [6, 6.07) is 7.60. The van der Waals surface area contributed by atoms with Gasteiger partial charge in [-0.25, -0.2) is 0 Å². The topological polar surface area (TPSA) is 190 Å². The number of phenolic OH excluding ortho intramolecular Hbond substituents is 1. The fraction of sp³-hybridized carbons (Fsp3) is 0.250. The Hall–Kier alpha value is -3.52. The second-order valence-corrected chi connectivity index (χ2v) is 8.51. The summed E-state index contributed by atoms with van der Waals surface area (Å²) in [5, 5.41) is 29.9. The second kappa shape index (κ2) is 12.4. The van der Waals surface area contributed by atoms with Crippen LogP contribution in [0, 0.1) is 34.1 Å². The quantitative estimate of drug-likeness (QED) is 0.139. The molecule has 0 aliphatic heterocycles. The van der Waals surface area contributed by atoms with Gasteiger partial charge in [0, 0.05) is 11.1 Å². The highest BCUT2D eigenvalue weighted by Crippen LogP contribution is 2.34. The Kier molecular flexibility index (Phi) is 11.2. The van der Waals surface area contributed by atoms with Crippen LogP contribution in [0.25, 0.3) is 0 Å². The molecule has 0 spiro atoms. The molecular formula is C16H13F6N2O10S2-. The van der Waals surface area contributed by atoms with E-state index in [0.29, 0.717) is 5.56 Å². The van der Waals surface area contributed by atoms with Crippen molar-refractivity contribution in [2.45, 2.75) is 24.9 Å². The van der Waals surface area contributed by atoms with Crippen molar-refractivity contribution in [2.75, 3.05) is 0 Å². The van der Waals surface area contributed by atoms with Crippen molar-refractivity contribution in [1.29, 1.82) is 0 Å². The number of nitrogens with zero attached hydrogens (tertiary/aromatic N) is 2. The summed E-state index contributed by atoms with van der Waals surface area (Å²) in [5.41, 5.74) is -11.3. The normalized spacial score (nSPS) is 12.2. The maximum atomic E-state index is 12.1. The second-order valence-electron chi connectivity index (χ2n) is 6.04. The average Bonchev–Trinajstić information content (AvgIpc) is 2.66. The molecule has 0 radical (unpaired) electrons. The zero-order valence-corrected chi connectivity index (χ0v) is 19.2. The Balaban J connectivity index is 0.000000576. The number of halogens is 6. The number of benzene rings is 2. The van der Waals surface area contributed by atoms with Crippen molar-refractivity contribution >= 4 is 32.6 Å². The van der Waals surface area contributed by atoms with E-state index in [4.69, 9.17) is 13.9 Å². The molecule has 1 N–H and O–H groups in total. The van der Waals surface area contributed by atoms with E-state index in [9.17, 15) is 55.0 Å². The van der Waals surface area contributed by atoms with E-state index in [1.165, 1.54) is 19.1 Å². The van der Waals surface area contributed by atoms with Gasteiger partial charge in [-0.05, 0) is 26.0 Å². The van der Waals surface area contributed by atoms with Gasteiger partial charge in [0.15, 0.2) is 5.75 Å². The third kappa shape index (κ3) is 9.62. The summed E-state index contributed by atoms with van der Waals surface area (Å²) >= 11 is -3.93. The molecular weight excluding hydrogens is 558 g/mol. The fourth-order valence-electron chi connectivity index (χ4n) is 1.98. The third-order valence-electron chi connectivity index (χ3n) is 3.45. The van der Waals surface area contributed by atoms with Gasteiger partial charge in [0.05, 0.1) is 20.9 Å². The lowest BCUT2D eigenvalue weighted by Gasteiger charge is -2.10. The van der Waals surface area contributed by atoms with Crippen molar-refractivity contribution in [2.24, 2.45) is 0 Å². The predicted molar refractivity (Wildman–Crippen MR) is 108 cm³/mol. The highest BCUT2D eigenvalue weighted by molar-refractivity contribution is 7.88. The molecule has 0 aliphatic carbocycles. The van der Waals surface area contributed by atoms with E-state index in [2.05, 4.69) is 4.18 Å². The summed E-state index contributed by atoms with van der Waals surface area (Å²) in [7, 11) is -5.93. The summed E-state index contributed by atoms with van der Waals surface area (Å²) in [4.78, 5) is 19.3. The molecule has 36 heavy (non-hydrogen) atoms. The minimum Gasteiger partial charge on any atom is -0.766 e. The van der Waals surface area contributed by atoms with Gasteiger partial charge in [-0.1, -0.05) is 24.3 Å². The maximum absolute atomic E-state index is 12.1. The molecule has 20 heteroatoms. The number of aryl methyl sites for hydroxylation is 2. The number of para-hydroxylation sites is 2. The zero-order chi connectivity index (χ0) is 28.6. The maximum Gasteiger partial charge on any atom is 0.534 e. The average molecular weight is 571 g/mol. The summed E-state index contributed by atoms with van der Waals surface area (Å²) in [6.07, 6.45) is 0. The van der Waals surface area contributed by atoms with Crippen LogP contribution in [0.2, 0.25) is 0 Å². The molecule has 0 heterocycles. The molecule has 1 atom stereocenters.